The van der Waals surface area contributed by atoms with Gasteiger partial charge in [-0.15, -0.1) is 0 Å². The van der Waals surface area contributed by atoms with Gasteiger partial charge in [0.15, 0.2) is 0 Å². The lowest BCUT2D eigenvalue weighted by Crippen LogP contribution is -2.30. The summed E-state index contributed by atoms with van der Waals surface area (Å²) in [6.07, 6.45) is 6.41. The minimum absolute atomic E-state index is 0.792. The molecule has 1 aliphatic carbocycles. The van der Waals surface area contributed by atoms with E-state index in [1.54, 1.807) is 0 Å². The Morgan fingerprint density at radius 3 is 2.67 bits per heavy atom. The number of hydrogen-bond acceptors (Lipinski definition) is 2. The molecule has 1 fully saturated rings. The maximum Gasteiger partial charge on any atom is 0.0198 e. The second kappa shape index (κ2) is 3.47. The molecule has 2 atom stereocenters. The Kier molecular flexibility index (Phi) is 2.86. The van der Waals surface area contributed by atoms with Crippen molar-refractivity contribution in [1.29, 1.82) is 0 Å². The van der Waals surface area contributed by atoms with Crippen molar-refractivity contribution in [3.8, 4) is 0 Å². The Morgan fingerprint density at radius 1 is 1.44 bits per heavy atom. The molecule has 2 heteroatoms. The second-order valence-corrected chi connectivity index (χ2v) is 3.68. The van der Waals surface area contributed by atoms with Crippen LogP contribution in [0, 0.1) is 0 Å². The molecule has 0 saturated heterocycles. The molecule has 0 radical (unpaired) electrons. The number of nitrogens with one attached hydrogen (secondary N) is 1. The van der Waals surface area contributed by atoms with Crippen LogP contribution in [0.15, 0.2) is 0 Å². The lowest BCUT2D eigenvalue weighted by molar-refractivity contribution is 0.592. The van der Waals surface area contributed by atoms with Crippen LogP contribution in [0.5, 0.6) is 0 Å². The maximum atomic E-state index is 3.34. The molecule has 9 heavy (non-hydrogen) atoms. The zero-order valence-corrected chi connectivity index (χ0v) is 7.00. The first-order valence-electron chi connectivity index (χ1n) is 3.58. The first kappa shape index (κ1) is 7.42. The Morgan fingerprint density at radius 2 is 2.22 bits per heavy atom. The van der Waals surface area contributed by atoms with Crippen molar-refractivity contribution in [3.05, 3.63) is 0 Å². The highest BCUT2D eigenvalue weighted by molar-refractivity contribution is 7.99. The van der Waals surface area contributed by atoms with Gasteiger partial charge in [0.1, 0.15) is 0 Å². The lowest BCUT2D eigenvalue weighted by atomic mass is 10.2. The van der Waals surface area contributed by atoms with E-state index < -0.39 is 0 Å². The largest absolute Gasteiger partial charge is 0.316 e. The highest BCUT2D eigenvalue weighted by Crippen LogP contribution is 2.27. The first-order chi connectivity index (χ1) is 4.38. The van der Waals surface area contributed by atoms with E-state index in [0.29, 0.717) is 0 Å². The summed E-state index contributed by atoms with van der Waals surface area (Å²) >= 11 is 2.00. The van der Waals surface area contributed by atoms with E-state index in [2.05, 4.69) is 18.6 Å². The molecule has 0 spiro atoms. The topological polar surface area (TPSA) is 12.0 Å². The summed E-state index contributed by atoms with van der Waals surface area (Å²) in [4.78, 5) is 0. The predicted octanol–water partition coefficient (Wildman–Crippen LogP) is 1.49. The Hall–Kier alpha value is 0.310. The molecule has 0 aliphatic heterocycles. The van der Waals surface area contributed by atoms with Crippen LogP contribution in [-0.4, -0.2) is 24.6 Å². The molecule has 1 saturated carbocycles. The number of hydrogen-bond donors (Lipinski definition) is 1. The third-order valence-corrected chi connectivity index (χ3v) is 3.30. The van der Waals surface area contributed by atoms with Crippen molar-refractivity contribution in [3.63, 3.8) is 0 Å². The van der Waals surface area contributed by atoms with E-state index in [9.17, 15) is 0 Å². The molecule has 1 aliphatic rings. The molecule has 0 heterocycles. The van der Waals surface area contributed by atoms with Crippen LogP contribution < -0.4 is 5.32 Å². The summed E-state index contributed by atoms with van der Waals surface area (Å²) in [5, 5.41) is 4.23. The van der Waals surface area contributed by atoms with E-state index in [1.807, 2.05) is 11.8 Å². The normalized spacial score (nSPS) is 35.3. The smallest absolute Gasteiger partial charge is 0.0198 e. The van der Waals surface area contributed by atoms with E-state index in [-0.39, 0.29) is 0 Å². The molecule has 0 aromatic rings. The van der Waals surface area contributed by atoms with Gasteiger partial charge in [0.2, 0.25) is 0 Å². The van der Waals surface area contributed by atoms with Crippen LogP contribution in [0.25, 0.3) is 0 Å². The number of thioether (sulfide) groups is 1. The van der Waals surface area contributed by atoms with Gasteiger partial charge in [0.05, 0.1) is 0 Å². The Labute approximate surface area is 61.6 Å². The van der Waals surface area contributed by atoms with E-state index in [0.717, 1.165) is 11.3 Å². The fourth-order valence-electron chi connectivity index (χ4n) is 1.54. The van der Waals surface area contributed by atoms with Gasteiger partial charge in [-0.2, -0.15) is 11.8 Å². The van der Waals surface area contributed by atoms with Gasteiger partial charge in [0.25, 0.3) is 0 Å². The van der Waals surface area contributed by atoms with Crippen LogP contribution in [0.2, 0.25) is 0 Å². The minimum atomic E-state index is 0.792. The highest BCUT2D eigenvalue weighted by Gasteiger charge is 2.24. The van der Waals surface area contributed by atoms with Gasteiger partial charge in [-0.05, 0) is 26.1 Å². The lowest BCUT2D eigenvalue weighted by Gasteiger charge is -2.15. The summed E-state index contributed by atoms with van der Waals surface area (Å²) in [6, 6.07) is 0.792. The Bertz CT molecular complexity index is 75.0. The standard InChI is InChI=1S/C7H15NS/c1-8-6-4-3-5-7(6)9-2/h6-8H,3-5H2,1-2H3/t6-,7+/m0/s1. The van der Waals surface area contributed by atoms with Crippen molar-refractivity contribution in [2.45, 2.75) is 30.6 Å². The fourth-order valence-corrected chi connectivity index (χ4v) is 2.54. The first-order valence-corrected chi connectivity index (χ1v) is 4.87. The summed E-state index contributed by atoms with van der Waals surface area (Å²) in [6.45, 7) is 0. The molecular weight excluding hydrogens is 130 g/mol. The van der Waals surface area contributed by atoms with Crippen molar-refractivity contribution >= 4 is 11.8 Å². The van der Waals surface area contributed by atoms with Crippen LogP contribution in [0.4, 0.5) is 0 Å². The van der Waals surface area contributed by atoms with Gasteiger partial charge in [-0.25, -0.2) is 0 Å². The van der Waals surface area contributed by atoms with Crippen molar-refractivity contribution < 1.29 is 0 Å². The van der Waals surface area contributed by atoms with Crippen LogP contribution in [-0.2, 0) is 0 Å². The van der Waals surface area contributed by atoms with Crippen molar-refractivity contribution in [2.24, 2.45) is 0 Å². The molecule has 1 nitrogen and oxygen atoms in total. The zero-order chi connectivity index (χ0) is 6.69. The molecule has 0 amide bonds. The molecule has 0 bridgehead atoms. The molecule has 0 aromatic heterocycles. The van der Waals surface area contributed by atoms with Gasteiger partial charge >= 0.3 is 0 Å². The van der Waals surface area contributed by atoms with E-state index in [4.69, 9.17) is 0 Å². The summed E-state index contributed by atoms with van der Waals surface area (Å²) in [7, 11) is 2.07. The second-order valence-electron chi connectivity index (χ2n) is 2.60. The summed E-state index contributed by atoms with van der Waals surface area (Å²) in [5.74, 6) is 0. The van der Waals surface area contributed by atoms with Crippen LogP contribution >= 0.6 is 11.8 Å². The molecule has 1 rings (SSSR count). The summed E-state index contributed by atoms with van der Waals surface area (Å²) < 4.78 is 0. The predicted molar refractivity (Wildman–Crippen MR) is 44.0 cm³/mol. The zero-order valence-electron chi connectivity index (χ0n) is 6.18. The van der Waals surface area contributed by atoms with Crippen molar-refractivity contribution in [1.82, 2.24) is 5.32 Å². The molecular formula is C7H15NS. The van der Waals surface area contributed by atoms with Crippen LogP contribution in [0.1, 0.15) is 19.3 Å². The maximum absolute atomic E-state index is 3.34. The van der Waals surface area contributed by atoms with Gasteiger partial charge < -0.3 is 5.32 Å². The molecule has 1 N–H and O–H groups in total. The number of rotatable bonds is 2. The van der Waals surface area contributed by atoms with Gasteiger partial charge in [0, 0.05) is 11.3 Å². The van der Waals surface area contributed by atoms with Crippen molar-refractivity contribution in [2.75, 3.05) is 13.3 Å². The average Bonchev–Trinajstić information content (AvgIpc) is 2.33. The molecule has 54 valence electrons. The highest BCUT2D eigenvalue weighted by atomic mass is 32.2. The van der Waals surface area contributed by atoms with E-state index >= 15 is 0 Å². The molecule has 0 unspecified atom stereocenters. The van der Waals surface area contributed by atoms with E-state index in [1.165, 1.54) is 19.3 Å². The summed E-state index contributed by atoms with van der Waals surface area (Å²) in [5.41, 5.74) is 0. The van der Waals surface area contributed by atoms with Crippen LogP contribution in [0.3, 0.4) is 0 Å². The monoisotopic (exact) mass is 145 g/mol. The quantitative estimate of drug-likeness (QED) is 0.632. The van der Waals surface area contributed by atoms with Gasteiger partial charge in [-0.1, -0.05) is 6.42 Å². The third kappa shape index (κ3) is 1.62. The molecule has 0 aromatic carbocycles. The third-order valence-electron chi connectivity index (χ3n) is 2.13. The SMILES string of the molecule is CN[C@H]1CCC[C@H]1SC. The fraction of sp³-hybridized carbons (Fsp3) is 1.00. The Balaban J connectivity index is 2.32. The minimum Gasteiger partial charge on any atom is -0.316 e. The van der Waals surface area contributed by atoms with Gasteiger partial charge in [-0.3, -0.25) is 0 Å². The average molecular weight is 145 g/mol.